The second-order valence-corrected chi connectivity index (χ2v) is 3.94. The molecule has 13 heavy (non-hydrogen) atoms. The molecule has 4 heteroatoms. The zero-order chi connectivity index (χ0) is 9.16. The van der Waals surface area contributed by atoms with E-state index in [-0.39, 0.29) is 23.6 Å². The van der Waals surface area contributed by atoms with E-state index in [2.05, 4.69) is 4.98 Å². The van der Waals surface area contributed by atoms with E-state index >= 15 is 0 Å². The van der Waals surface area contributed by atoms with Gasteiger partial charge in [0.05, 0.1) is 0 Å². The van der Waals surface area contributed by atoms with E-state index in [1.165, 1.54) is 0 Å². The number of alkyl halides is 1. The molecule has 1 aromatic rings. The minimum atomic E-state index is -0.849. The summed E-state index contributed by atoms with van der Waals surface area (Å²) in [7, 11) is 0. The van der Waals surface area contributed by atoms with E-state index in [4.69, 9.17) is 0 Å². The molecule has 0 spiro atoms. The number of aromatic nitrogens is 1. The Hall–Kier alpha value is -1.19. The van der Waals surface area contributed by atoms with Crippen LogP contribution in [0, 0.1) is 0 Å². The third-order valence-corrected chi connectivity index (χ3v) is 3.30. The molecule has 0 amide bonds. The van der Waals surface area contributed by atoms with Gasteiger partial charge in [0, 0.05) is 17.0 Å². The van der Waals surface area contributed by atoms with Crippen LogP contribution >= 0.6 is 0 Å². The summed E-state index contributed by atoms with van der Waals surface area (Å²) in [5.41, 5.74) is 1.36. The van der Waals surface area contributed by atoms with Crippen molar-refractivity contribution in [2.45, 2.75) is 30.8 Å². The van der Waals surface area contributed by atoms with Crippen molar-refractivity contribution in [3.63, 3.8) is 0 Å². The van der Waals surface area contributed by atoms with E-state index in [0.717, 1.165) is 12.0 Å². The fraction of sp³-hybridized carbons (Fsp3) is 0.556. The third kappa shape index (κ3) is 0.692. The van der Waals surface area contributed by atoms with Crippen LogP contribution in [0.1, 0.15) is 35.8 Å². The molecular weight excluding hydrogens is 173 g/mol. The highest BCUT2D eigenvalue weighted by atomic mass is 19.1. The molecule has 2 bridgehead atoms. The minimum Gasteiger partial charge on any atom is -0.494 e. The lowest BCUT2D eigenvalue weighted by molar-refractivity contribution is 0.298. The summed E-state index contributed by atoms with van der Waals surface area (Å²) >= 11 is 0. The Morgan fingerprint density at radius 2 is 1.85 bits per heavy atom. The number of nitrogens with one attached hydrogen (secondary N) is 1. The van der Waals surface area contributed by atoms with Crippen molar-refractivity contribution in [1.82, 2.24) is 4.98 Å². The van der Waals surface area contributed by atoms with Gasteiger partial charge < -0.3 is 10.2 Å². The van der Waals surface area contributed by atoms with Crippen molar-refractivity contribution in [1.29, 1.82) is 0 Å². The summed E-state index contributed by atoms with van der Waals surface area (Å²) in [4.78, 5) is 2.44. The van der Waals surface area contributed by atoms with Crippen molar-refractivity contribution in [3.8, 4) is 11.8 Å². The normalized spacial score (nSPS) is 35.3. The third-order valence-electron chi connectivity index (χ3n) is 3.30. The van der Waals surface area contributed by atoms with Gasteiger partial charge in [-0.15, -0.1) is 0 Å². The van der Waals surface area contributed by atoms with Gasteiger partial charge in [0.2, 0.25) is 0 Å². The number of rotatable bonds is 0. The molecule has 1 saturated carbocycles. The lowest BCUT2D eigenvalue weighted by Gasteiger charge is -2.14. The lowest BCUT2D eigenvalue weighted by Crippen LogP contribution is -2.09. The van der Waals surface area contributed by atoms with Gasteiger partial charge in [0.15, 0.2) is 11.8 Å². The number of halogens is 1. The maximum Gasteiger partial charge on any atom is 0.195 e. The molecule has 3 nitrogen and oxygen atoms in total. The Kier molecular flexibility index (Phi) is 1.11. The first kappa shape index (κ1) is 7.24. The first-order valence-electron chi connectivity index (χ1n) is 4.46. The van der Waals surface area contributed by atoms with E-state index < -0.39 is 6.17 Å². The van der Waals surface area contributed by atoms with Crippen molar-refractivity contribution in [2.75, 3.05) is 0 Å². The quantitative estimate of drug-likeness (QED) is 0.573. The summed E-state index contributed by atoms with van der Waals surface area (Å²) in [5, 5.41) is 18.8. The summed E-state index contributed by atoms with van der Waals surface area (Å²) in [6, 6.07) is 0. The summed E-state index contributed by atoms with van der Waals surface area (Å²) in [5.74, 6) is -0.126. The highest BCUT2D eigenvalue weighted by molar-refractivity contribution is 5.54. The number of hydrogen-bond donors (Lipinski definition) is 3. The van der Waals surface area contributed by atoms with E-state index in [0.29, 0.717) is 12.0 Å². The molecule has 3 unspecified atom stereocenters. The average molecular weight is 183 g/mol. The van der Waals surface area contributed by atoms with Crippen molar-refractivity contribution >= 4 is 0 Å². The molecular formula is C9H10FNO2. The smallest absolute Gasteiger partial charge is 0.195 e. The van der Waals surface area contributed by atoms with Crippen LogP contribution < -0.4 is 0 Å². The van der Waals surface area contributed by atoms with Crippen molar-refractivity contribution in [3.05, 3.63) is 11.1 Å². The standard InChI is InChI=1S/C9H10FNO2/c10-5-2-3-1-4(5)7-6(3)8(12)11-9(7)13/h3-5,11-13H,1-2H2. The van der Waals surface area contributed by atoms with Gasteiger partial charge in [-0.1, -0.05) is 0 Å². The maximum absolute atomic E-state index is 13.3. The predicted octanol–water partition coefficient (Wildman–Crippen LogP) is 1.74. The van der Waals surface area contributed by atoms with Crippen molar-refractivity contribution in [2.24, 2.45) is 0 Å². The zero-order valence-electron chi connectivity index (χ0n) is 6.92. The average Bonchev–Trinajstić information content (AvgIpc) is 2.64. The highest BCUT2D eigenvalue weighted by Crippen LogP contribution is 2.59. The molecule has 0 radical (unpaired) electrons. The van der Waals surface area contributed by atoms with Crippen LogP contribution in [-0.2, 0) is 0 Å². The van der Waals surface area contributed by atoms with Crippen LogP contribution in [-0.4, -0.2) is 21.4 Å². The van der Waals surface area contributed by atoms with Crippen LogP contribution in [0.2, 0.25) is 0 Å². The molecule has 3 rings (SSSR count). The Morgan fingerprint density at radius 3 is 2.62 bits per heavy atom. The van der Waals surface area contributed by atoms with Gasteiger partial charge in [0.25, 0.3) is 0 Å². The number of aromatic hydroxyl groups is 2. The Morgan fingerprint density at radius 1 is 1.15 bits per heavy atom. The molecule has 2 aliphatic rings. The number of aromatic amines is 1. The number of fused-ring (bicyclic) bond motifs is 5. The molecule has 1 aromatic heterocycles. The SMILES string of the molecule is Oc1[nH]c(O)c2c1C1CC(F)C2C1. The molecule has 0 saturated heterocycles. The van der Waals surface area contributed by atoms with Crippen LogP contribution in [0.15, 0.2) is 0 Å². The van der Waals surface area contributed by atoms with Crippen LogP contribution in [0.4, 0.5) is 4.39 Å². The van der Waals surface area contributed by atoms with Gasteiger partial charge in [-0.25, -0.2) is 4.39 Å². The van der Waals surface area contributed by atoms with E-state index in [1.807, 2.05) is 0 Å². The van der Waals surface area contributed by atoms with E-state index in [1.54, 1.807) is 0 Å². The fourth-order valence-corrected chi connectivity index (χ4v) is 2.81. The summed E-state index contributed by atoms with van der Waals surface area (Å²) in [6.07, 6.45) is 0.378. The monoisotopic (exact) mass is 183 g/mol. The Bertz CT molecular complexity index is 374. The van der Waals surface area contributed by atoms with Gasteiger partial charge in [-0.05, 0) is 18.8 Å². The second-order valence-electron chi connectivity index (χ2n) is 3.94. The molecule has 3 N–H and O–H groups in total. The summed E-state index contributed by atoms with van der Waals surface area (Å²) in [6.45, 7) is 0. The van der Waals surface area contributed by atoms with Crippen LogP contribution in [0.25, 0.3) is 0 Å². The minimum absolute atomic E-state index is 0.0203. The largest absolute Gasteiger partial charge is 0.494 e. The first-order chi connectivity index (χ1) is 6.18. The van der Waals surface area contributed by atoms with Crippen LogP contribution in [0.5, 0.6) is 11.8 Å². The molecule has 2 aliphatic carbocycles. The van der Waals surface area contributed by atoms with Gasteiger partial charge >= 0.3 is 0 Å². The maximum atomic E-state index is 13.3. The zero-order valence-corrected chi connectivity index (χ0v) is 6.92. The Labute approximate surface area is 74.2 Å². The van der Waals surface area contributed by atoms with Crippen LogP contribution in [0.3, 0.4) is 0 Å². The molecule has 3 atom stereocenters. The van der Waals surface area contributed by atoms with Gasteiger partial charge in [0.1, 0.15) is 6.17 Å². The molecule has 70 valence electrons. The number of H-pyrrole nitrogens is 1. The fourth-order valence-electron chi connectivity index (χ4n) is 2.81. The number of hydrogen-bond acceptors (Lipinski definition) is 2. The molecule has 0 aliphatic heterocycles. The topological polar surface area (TPSA) is 56.2 Å². The lowest BCUT2D eigenvalue weighted by atomic mass is 9.94. The van der Waals surface area contributed by atoms with Gasteiger partial charge in [-0.2, -0.15) is 0 Å². The van der Waals surface area contributed by atoms with Crippen molar-refractivity contribution < 1.29 is 14.6 Å². The predicted molar refractivity (Wildman–Crippen MR) is 43.7 cm³/mol. The van der Waals surface area contributed by atoms with Gasteiger partial charge in [-0.3, -0.25) is 4.98 Å². The molecule has 1 heterocycles. The summed E-state index contributed by atoms with van der Waals surface area (Å²) < 4.78 is 13.3. The first-order valence-corrected chi connectivity index (χ1v) is 4.46. The second kappa shape index (κ2) is 2.00. The molecule has 0 aromatic carbocycles. The van der Waals surface area contributed by atoms with E-state index in [9.17, 15) is 14.6 Å². The molecule has 1 fully saturated rings. The Balaban J connectivity index is 2.23. The highest BCUT2D eigenvalue weighted by Gasteiger charge is 2.48.